The summed E-state index contributed by atoms with van der Waals surface area (Å²) in [7, 11) is 0. The van der Waals surface area contributed by atoms with Crippen LogP contribution in [0.2, 0.25) is 0 Å². The van der Waals surface area contributed by atoms with Crippen molar-refractivity contribution in [3.63, 3.8) is 0 Å². The van der Waals surface area contributed by atoms with Gasteiger partial charge in [0, 0.05) is 0 Å². The Morgan fingerprint density at radius 2 is 1.73 bits per heavy atom. The van der Waals surface area contributed by atoms with Crippen molar-refractivity contribution in [1.29, 1.82) is 0 Å². The first kappa shape index (κ1) is 18.0. The molecular weight excluding hydrogens is 377 g/mol. The average Bonchev–Trinajstić information content (AvgIpc) is 2.99. The molecule has 12 heteroatoms. The van der Waals surface area contributed by atoms with Crippen LogP contribution in [0.15, 0.2) is 25.8 Å². The van der Waals surface area contributed by atoms with E-state index in [0.29, 0.717) is 6.07 Å². The summed E-state index contributed by atoms with van der Waals surface area (Å²) in [6.45, 7) is 0.387. The van der Waals surface area contributed by atoms with E-state index in [0.717, 1.165) is 0 Å². The predicted octanol–water partition coefficient (Wildman–Crippen LogP) is 4.12. The quantitative estimate of drug-likeness (QED) is 0.624. The zero-order valence-electron chi connectivity index (χ0n) is 12.6. The molecule has 0 atom stereocenters. The lowest BCUT2D eigenvalue weighted by molar-refractivity contribution is -0.146. The second kappa shape index (κ2) is 5.61. The minimum absolute atomic E-state index is 0.0586. The summed E-state index contributed by atoms with van der Waals surface area (Å²) in [5.41, 5.74) is -3.13. The van der Waals surface area contributed by atoms with Gasteiger partial charge in [0.15, 0.2) is 11.6 Å². The van der Waals surface area contributed by atoms with Crippen molar-refractivity contribution in [3.8, 4) is 0 Å². The molecule has 0 aliphatic carbocycles. The Labute approximate surface area is 138 Å². The van der Waals surface area contributed by atoms with Crippen LogP contribution in [0.1, 0.15) is 22.9 Å². The molecule has 0 aliphatic rings. The van der Waals surface area contributed by atoms with Gasteiger partial charge in [0.05, 0.1) is 17.6 Å². The molecule has 0 unspecified atom stereocenters. The Morgan fingerprint density at radius 1 is 1.08 bits per heavy atom. The van der Waals surface area contributed by atoms with E-state index in [1.54, 1.807) is 0 Å². The first-order valence-electron chi connectivity index (χ1n) is 6.81. The minimum Gasteiger partial charge on any atom is -0.396 e. The molecule has 0 fully saturated rings. The third-order valence-electron chi connectivity index (χ3n) is 3.53. The molecule has 3 rings (SSSR count). The molecule has 1 aromatic carbocycles. The Balaban J connectivity index is 2.31. The van der Waals surface area contributed by atoms with Crippen LogP contribution >= 0.6 is 0 Å². The molecule has 0 spiro atoms. The number of nitrogens with zero attached hydrogens (tertiary/aromatic N) is 2. The van der Waals surface area contributed by atoms with Crippen LogP contribution in [0.4, 0.5) is 30.7 Å². The second-order valence-corrected chi connectivity index (χ2v) is 5.28. The van der Waals surface area contributed by atoms with E-state index in [4.69, 9.17) is 0 Å². The van der Waals surface area contributed by atoms with Gasteiger partial charge in [-0.25, -0.2) is 14.2 Å². The maximum absolute atomic E-state index is 13.9. The number of hydrogen-bond donors (Lipinski definition) is 0. The van der Waals surface area contributed by atoms with Gasteiger partial charge in [-0.15, -0.1) is 0 Å². The fourth-order valence-electron chi connectivity index (χ4n) is 2.38. The van der Waals surface area contributed by atoms with E-state index in [1.807, 2.05) is 0 Å². The van der Waals surface area contributed by atoms with Gasteiger partial charge in [-0.05, 0) is 19.1 Å². The molecule has 0 saturated carbocycles. The van der Waals surface area contributed by atoms with Crippen molar-refractivity contribution in [2.45, 2.75) is 25.8 Å². The molecule has 2 heterocycles. The maximum Gasteiger partial charge on any atom is 0.519 e. The molecule has 0 N–H and O–H groups in total. The van der Waals surface area contributed by atoms with Crippen LogP contribution in [0.3, 0.4) is 0 Å². The van der Waals surface area contributed by atoms with Crippen molar-refractivity contribution >= 4 is 11.0 Å². The molecule has 2 aromatic heterocycles. The lowest BCUT2D eigenvalue weighted by atomic mass is 10.2. The van der Waals surface area contributed by atoms with Crippen LogP contribution in [0.25, 0.3) is 11.0 Å². The number of hydrogen-bond acceptors (Lipinski definition) is 4. The molecule has 140 valence electrons. The number of benzene rings is 1. The molecule has 0 bridgehead atoms. The number of fused-ring (bicyclic) bond motifs is 1. The highest BCUT2D eigenvalue weighted by Gasteiger charge is 2.40. The Bertz CT molecular complexity index is 1040. The largest absolute Gasteiger partial charge is 0.519 e. The molecule has 0 aliphatic heterocycles. The fraction of sp³-hybridized carbons (Fsp3) is 0.286. The Hall–Kier alpha value is -2.79. The van der Waals surface area contributed by atoms with Crippen molar-refractivity contribution in [3.05, 3.63) is 51.5 Å². The van der Waals surface area contributed by atoms with Crippen LogP contribution in [-0.4, -0.2) is 9.55 Å². The number of aromatic nitrogens is 2. The first-order chi connectivity index (χ1) is 11.9. The number of rotatable bonds is 2. The molecule has 3 aromatic rings. The first-order valence-corrected chi connectivity index (χ1v) is 6.81. The Kier molecular flexibility index (Phi) is 3.89. The molecule has 0 radical (unpaired) electrons. The number of alkyl halides is 6. The van der Waals surface area contributed by atoms with Crippen molar-refractivity contribution < 1.29 is 39.6 Å². The molecule has 0 saturated heterocycles. The van der Waals surface area contributed by atoms with Crippen molar-refractivity contribution in [2.24, 2.45) is 0 Å². The van der Waals surface area contributed by atoms with Crippen LogP contribution < -0.4 is 5.82 Å². The van der Waals surface area contributed by atoms with Crippen LogP contribution in [0, 0.1) is 12.7 Å². The highest BCUT2D eigenvalue weighted by molar-refractivity contribution is 5.78. The van der Waals surface area contributed by atoms with Gasteiger partial charge < -0.3 is 13.4 Å². The van der Waals surface area contributed by atoms with E-state index in [9.17, 15) is 35.5 Å². The number of aryl methyl sites for hydroxylation is 1. The Morgan fingerprint density at radius 3 is 2.23 bits per heavy atom. The lowest BCUT2D eigenvalue weighted by Gasteiger charge is -2.11. The van der Waals surface area contributed by atoms with Gasteiger partial charge >= 0.3 is 18.2 Å². The summed E-state index contributed by atoms with van der Waals surface area (Å²) in [5, 5.41) is 0. The highest BCUT2D eigenvalue weighted by atomic mass is 19.4. The average molecular weight is 384 g/mol. The highest BCUT2D eigenvalue weighted by Crippen LogP contribution is 2.36. The summed E-state index contributed by atoms with van der Waals surface area (Å²) in [6.07, 6.45) is -10.1. The zero-order chi connectivity index (χ0) is 19.4. The third kappa shape index (κ3) is 3.06. The summed E-state index contributed by atoms with van der Waals surface area (Å²) in [5.74, 6) is -4.94. The van der Waals surface area contributed by atoms with E-state index in [1.165, 1.54) is 6.92 Å². The summed E-state index contributed by atoms with van der Waals surface area (Å²) in [6, 6.07) is 0.400. The van der Waals surface area contributed by atoms with Gasteiger partial charge in [0.1, 0.15) is 11.3 Å². The molecule has 0 amide bonds. The maximum atomic E-state index is 13.9. The summed E-state index contributed by atoms with van der Waals surface area (Å²) >= 11 is 0. The van der Waals surface area contributed by atoms with Gasteiger partial charge in [0.25, 0.3) is 0 Å². The minimum atomic E-state index is -5.10. The number of imidazole rings is 1. The summed E-state index contributed by atoms with van der Waals surface area (Å²) < 4.78 is 102. The fourth-order valence-corrected chi connectivity index (χ4v) is 2.38. The predicted molar refractivity (Wildman–Crippen MR) is 70.8 cm³/mol. The van der Waals surface area contributed by atoms with Crippen LogP contribution in [-0.2, 0) is 18.9 Å². The van der Waals surface area contributed by atoms with Gasteiger partial charge in [0.2, 0.25) is 5.82 Å². The monoisotopic (exact) mass is 384 g/mol. The molecule has 5 nitrogen and oxygen atoms in total. The van der Waals surface area contributed by atoms with Gasteiger partial charge in [-0.3, -0.25) is 0 Å². The van der Waals surface area contributed by atoms with E-state index < -0.39 is 53.0 Å². The van der Waals surface area contributed by atoms with E-state index in [2.05, 4.69) is 13.8 Å². The SMILES string of the molecule is Cc1oc(=O)oc1Cn1c(C(F)(F)F)nc2c(F)cc(C(F)(F)F)cc21. The standard InChI is InChI=1S/C14H7F7N2O3/c1-5-9(26-12(24)25-5)4-23-8-3-6(13(16,17)18)2-7(15)10(8)22-11(23)14(19,20)21/h2-3H,4H2,1H3. The lowest BCUT2D eigenvalue weighted by Crippen LogP contribution is -2.16. The zero-order valence-corrected chi connectivity index (χ0v) is 12.6. The normalized spacial score (nSPS) is 12.9. The number of halogens is 7. The summed E-state index contributed by atoms with van der Waals surface area (Å²) in [4.78, 5) is 14.1. The van der Waals surface area contributed by atoms with E-state index >= 15 is 0 Å². The van der Waals surface area contributed by atoms with Gasteiger partial charge in [-0.1, -0.05) is 0 Å². The van der Waals surface area contributed by atoms with Crippen molar-refractivity contribution in [2.75, 3.05) is 0 Å². The van der Waals surface area contributed by atoms with Crippen molar-refractivity contribution in [1.82, 2.24) is 9.55 Å². The van der Waals surface area contributed by atoms with Crippen LogP contribution in [0.5, 0.6) is 0 Å². The topological polar surface area (TPSA) is 61.2 Å². The van der Waals surface area contributed by atoms with Gasteiger partial charge in [-0.2, -0.15) is 26.3 Å². The molecular formula is C14H7F7N2O3. The second-order valence-electron chi connectivity index (χ2n) is 5.28. The smallest absolute Gasteiger partial charge is 0.396 e. The third-order valence-corrected chi connectivity index (χ3v) is 3.53. The molecule has 26 heavy (non-hydrogen) atoms. The van der Waals surface area contributed by atoms with E-state index in [-0.39, 0.29) is 22.2 Å².